The molecule has 0 heterocycles. The first-order valence-electron chi connectivity index (χ1n) is 5.22. The van der Waals surface area contributed by atoms with Gasteiger partial charge in [0.1, 0.15) is 0 Å². The maximum atomic E-state index is 11.5. The minimum atomic E-state index is -1.00. The number of benzene rings is 1. The van der Waals surface area contributed by atoms with Crippen molar-refractivity contribution < 1.29 is 14.7 Å². The van der Waals surface area contributed by atoms with E-state index in [0.717, 1.165) is 5.75 Å². The summed E-state index contributed by atoms with van der Waals surface area (Å²) < 4.78 is 0. The molecule has 0 saturated carbocycles. The third kappa shape index (κ3) is 4.48. The standard InChI is InChI=1S/C12H15NO3S/c1-17-7-6-13-11(14)8-9-4-2-3-5-10(9)12(15)16/h2-5H,6-8H2,1H3,(H,13,14)(H,15,16). The van der Waals surface area contributed by atoms with Gasteiger partial charge >= 0.3 is 5.97 Å². The Morgan fingerprint density at radius 1 is 1.35 bits per heavy atom. The van der Waals surface area contributed by atoms with E-state index in [1.54, 1.807) is 30.0 Å². The maximum absolute atomic E-state index is 11.5. The van der Waals surface area contributed by atoms with E-state index in [4.69, 9.17) is 5.11 Å². The van der Waals surface area contributed by atoms with Crippen LogP contribution in [-0.2, 0) is 11.2 Å². The van der Waals surface area contributed by atoms with E-state index in [1.807, 2.05) is 6.26 Å². The number of aromatic carboxylic acids is 1. The zero-order valence-electron chi connectivity index (χ0n) is 9.60. The van der Waals surface area contributed by atoms with Crippen molar-refractivity contribution in [2.45, 2.75) is 6.42 Å². The zero-order valence-corrected chi connectivity index (χ0v) is 10.4. The van der Waals surface area contributed by atoms with Gasteiger partial charge in [0.2, 0.25) is 5.91 Å². The van der Waals surface area contributed by atoms with Crippen molar-refractivity contribution in [1.82, 2.24) is 5.32 Å². The number of amides is 1. The van der Waals surface area contributed by atoms with Crippen LogP contribution in [-0.4, -0.2) is 35.5 Å². The first kappa shape index (κ1) is 13.6. The molecule has 1 amide bonds. The fourth-order valence-corrected chi connectivity index (χ4v) is 1.72. The molecule has 0 unspecified atom stereocenters. The molecule has 0 fully saturated rings. The fourth-order valence-electron chi connectivity index (χ4n) is 1.41. The van der Waals surface area contributed by atoms with Gasteiger partial charge in [0, 0.05) is 12.3 Å². The van der Waals surface area contributed by atoms with Gasteiger partial charge in [0.25, 0.3) is 0 Å². The molecule has 0 aliphatic rings. The Hall–Kier alpha value is -1.49. The highest BCUT2D eigenvalue weighted by molar-refractivity contribution is 7.98. The van der Waals surface area contributed by atoms with Crippen molar-refractivity contribution in [2.75, 3.05) is 18.6 Å². The predicted molar refractivity (Wildman–Crippen MR) is 68.5 cm³/mol. The number of thioether (sulfide) groups is 1. The Morgan fingerprint density at radius 3 is 2.71 bits per heavy atom. The van der Waals surface area contributed by atoms with Crippen molar-refractivity contribution >= 4 is 23.6 Å². The molecule has 1 aromatic carbocycles. The Kier molecular flexibility index (Phi) is 5.56. The molecule has 2 N–H and O–H groups in total. The SMILES string of the molecule is CSCCNC(=O)Cc1ccccc1C(=O)O. The van der Waals surface area contributed by atoms with Crippen LogP contribution in [0.5, 0.6) is 0 Å². The van der Waals surface area contributed by atoms with Crippen LogP contribution in [0, 0.1) is 0 Å². The molecule has 0 bridgehead atoms. The molecular weight excluding hydrogens is 238 g/mol. The first-order chi connectivity index (χ1) is 8.15. The van der Waals surface area contributed by atoms with Crippen LogP contribution >= 0.6 is 11.8 Å². The van der Waals surface area contributed by atoms with E-state index in [-0.39, 0.29) is 17.9 Å². The number of carbonyl (C=O) groups is 2. The summed E-state index contributed by atoms with van der Waals surface area (Å²) in [5, 5.41) is 11.7. The first-order valence-corrected chi connectivity index (χ1v) is 6.61. The minimum Gasteiger partial charge on any atom is -0.478 e. The molecule has 4 nitrogen and oxygen atoms in total. The summed E-state index contributed by atoms with van der Waals surface area (Å²) in [6, 6.07) is 6.56. The highest BCUT2D eigenvalue weighted by Crippen LogP contribution is 2.09. The van der Waals surface area contributed by atoms with Gasteiger partial charge in [-0.05, 0) is 17.9 Å². The van der Waals surface area contributed by atoms with Crippen molar-refractivity contribution in [3.63, 3.8) is 0 Å². The lowest BCUT2D eigenvalue weighted by molar-refractivity contribution is -0.120. The number of carboxylic acid groups (broad SMARTS) is 1. The van der Waals surface area contributed by atoms with Crippen molar-refractivity contribution in [3.05, 3.63) is 35.4 Å². The Bertz CT molecular complexity index is 406. The molecule has 0 aliphatic heterocycles. The molecule has 0 radical (unpaired) electrons. The quantitative estimate of drug-likeness (QED) is 0.752. The summed E-state index contributed by atoms with van der Waals surface area (Å²) in [7, 11) is 0. The topological polar surface area (TPSA) is 66.4 Å². The molecule has 0 aromatic heterocycles. The average molecular weight is 253 g/mol. The monoisotopic (exact) mass is 253 g/mol. The van der Waals surface area contributed by atoms with E-state index in [1.165, 1.54) is 6.07 Å². The molecule has 0 aliphatic carbocycles. The normalized spacial score (nSPS) is 9.94. The van der Waals surface area contributed by atoms with Crippen LogP contribution in [0.25, 0.3) is 0 Å². The molecule has 0 spiro atoms. The van der Waals surface area contributed by atoms with Crippen molar-refractivity contribution in [3.8, 4) is 0 Å². The number of hydrogen-bond acceptors (Lipinski definition) is 3. The van der Waals surface area contributed by atoms with Crippen molar-refractivity contribution in [1.29, 1.82) is 0 Å². The summed E-state index contributed by atoms with van der Waals surface area (Å²) in [6.07, 6.45) is 2.07. The highest BCUT2D eigenvalue weighted by Gasteiger charge is 2.11. The van der Waals surface area contributed by atoms with Gasteiger partial charge in [-0.15, -0.1) is 0 Å². The summed E-state index contributed by atoms with van der Waals surface area (Å²) in [4.78, 5) is 22.5. The summed E-state index contributed by atoms with van der Waals surface area (Å²) >= 11 is 1.65. The second kappa shape index (κ2) is 6.96. The largest absolute Gasteiger partial charge is 0.478 e. The van der Waals surface area contributed by atoms with Gasteiger partial charge in [0.15, 0.2) is 0 Å². The van der Waals surface area contributed by atoms with Gasteiger partial charge in [-0.25, -0.2) is 4.79 Å². The average Bonchev–Trinajstić information content (AvgIpc) is 2.29. The van der Waals surface area contributed by atoms with Crippen LogP contribution in [0.2, 0.25) is 0 Å². The number of carboxylic acids is 1. The zero-order chi connectivity index (χ0) is 12.7. The van der Waals surface area contributed by atoms with Crippen LogP contribution < -0.4 is 5.32 Å². The van der Waals surface area contributed by atoms with Crippen molar-refractivity contribution in [2.24, 2.45) is 0 Å². The molecule has 17 heavy (non-hydrogen) atoms. The third-order valence-electron chi connectivity index (χ3n) is 2.23. The number of carbonyl (C=O) groups excluding carboxylic acids is 1. The van der Waals surface area contributed by atoms with E-state index >= 15 is 0 Å². The Morgan fingerprint density at radius 2 is 2.06 bits per heavy atom. The van der Waals surface area contributed by atoms with E-state index in [9.17, 15) is 9.59 Å². The summed E-state index contributed by atoms with van der Waals surface area (Å²) in [5.74, 6) is -0.294. The smallest absolute Gasteiger partial charge is 0.335 e. The lowest BCUT2D eigenvalue weighted by Crippen LogP contribution is -2.27. The fraction of sp³-hybridized carbons (Fsp3) is 0.333. The second-order valence-electron chi connectivity index (χ2n) is 3.48. The molecule has 0 atom stereocenters. The van der Waals surface area contributed by atoms with Gasteiger partial charge in [-0.3, -0.25) is 4.79 Å². The van der Waals surface area contributed by atoms with E-state index in [0.29, 0.717) is 12.1 Å². The van der Waals surface area contributed by atoms with E-state index < -0.39 is 5.97 Å². The number of rotatable bonds is 6. The van der Waals surface area contributed by atoms with Gasteiger partial charge in [-0.1, -0.05) is 18.2 Å². The Labute approximate surface area is 104 Å². The number of hydrogen-bond donors (Lipinski definition) is 2. The van der Waals surface area contributed by atoms with E-state index in [2.05, 4.69) is 5.32 Å². The molecule has 92 valence electrons. The summed E-state index contributed by atoms with van der Waals surface area (Å²) in [5.41, 5.74) is 0.731. The predicted octanol–water partition coefficient (Wildman–Crippen LogP) is 1.41. The molecule has 5 heteroatoms. The molecule has 1 aromatic rings. The third-order valence-corrected chi connectivity index (χ3v) is 2.84. The van der Waals surface area contributed by atoms with Crippen LogP contribution in [0.3, 0.4) is 0 Å². The van der Waals surface area contributed by atoms with Gasteiger partial charge in [-0.2, -0.15) is 11.8 Å². The lowest BCUT2D eigenvalue weighted by atomic mass is 10.0. The van der Waals surface area contributed by atoms with Gasteiger partial charge in [0.05, 0.1) is 12.0 Å². The highest BCUT2D eigenvalue weighted by atomic mass is 32.2. The maximum Gasteiger partial charge on any atom is 0.335 e. The minimum absolute atomic E-state index is 0.108. The Balaban J connectivity index is 2.61. The lowest BCUT2D eigenvalue weighted by Gasteiger charge is -2.06. The van der Waals surface area contributed by atoms with Crippen LogP contribution in [0.1, 0.15) is 15.9 Å². The number of nitrogens with one attached hydrogen (secondary N) is 1. The molecule has 0 saturated heterocycles. The molecular formula is C12H15NO3S. The van der Waals surface area contributed by atoms with Gasteiger partial charge < -0.3 is 10.4 Å². The van der Waals surface area contributed by atoms with Crippen LogP contribution in [0.15, 0.2) is 24.3 Å². The molecule has 1 rings (SSSR count). The second-order valence-corrected chi connectivity index (χ2v) is 4.47. The summed E-state index contributed by atoms with van der Waals surface area (Å²) in [6.45, 7) is 0.606. The van der Waals surface area contributed by atoms with Crippen LogP contribution in [0.4, 0.5) is 0 Å².